The number of carboxylic acids is 1. The molecular formula is C21H38N4O5S. The van der Waals surface area contributed by atoms with Crippen molar-refractivity contribution < 1.29 is 24.3 Å². The van der Waals surface area contributed by atoms with Crippen molar-refractivity contribution in [3.05, 3.63) is 0 Å². The number of carboxylic acid groups (broad SMARTS) is 1. The van der Waals surface area contributed by atoms with Gasteiger partial charge in [0.15, 0.2) is 0 Å². The van der Waals surface area contributed by atoms with Gasteiger partial charge >= 0.3 is 5.97 Å². The van der Waals surface area contributed by atoms with Crippen molar-refractivity contribution in [1.29, 1.82) is 0 Å². The lowest BCUT2D eigenvalue weighted by Gasteiger charge is -2.30. The van der Waals surface area contributed by atoms with Gasteiger partial charge in [0, 0.05) is 6.54 Å². The fourth-order valence-electron chi connectivity index (χ4n) is 3.62. The highest BCUT2D eigenvalue weighted by Gasteiger charge is 2.38. The molecule has 4 atom stereocenters. The van der Waals surface area contributed by atoms with Crippen LogP contribution in [-0.4, -0.2) is 76.4 Å². The number of hydrogen-bond acceptors (Lipinski definition) is 6. The molecule has 1 saturated heterocycles. The lowest BCUT2D eigenvalue weighted by Crippen LogP contribution is -2.58. The van der Waals surface area contributed by atoms with Crippen molar-refractivity contribution in [1.82, 2.24) is 15.5 Å². The van der Waals surface area contributed by atoms with Crippen LogP contribution in [0, 0.1) is 11.8 Å². The molecule has 0 aromatic carbocycles. The first-order chi connectivity index (χ1) is 14.5. The number of likely N-dealkylation sites (tertiary alicyclic amines) is 1. The number of aliphatic carboxylic acids is 1. The number of nitrogens with one attached hydrogen (secondary N) is 2. The molecule has 9 nitrogen and oxygen atoms in total. The van der Waals surface area contributed by atoms with Crippen molar-refractivity contribution in [2.75, 3.05) is 18.6 Å². The molecular weight excluding hydrogens is 420 g/mol. The van der Waals surface area contributed by atoms with Crippen molar-refractivity contribution in [2.24, 2.45) is 17.6 Å². The van der Waals surface area contributed by atoms with Crippen LogP contribution in [0.15, 0.2) is 0 Å². The lowest BCUT2D eigenvalue weighted by atomic mass is 10.00. The molecule has 1 aliphatic heterocycles. The highest BCUT2D eigenvalue weighted by atomic mass is 32.2. The van der Waals surface area contributed by atoms with Crippen LogP contribution in [-0.2, 0) is 19.2 Å². The standard InChI is InChI=1S/C21H38N4O5S/c1-12(2)11-15(21(29)30)23-19(27)17(13(3)4)24-18(26)16-7-6-9-25(16)20(28)14(22)8-10-31-5/h12-17H,6-11,22H2,1-5H3,(H,23,27)(H,24,26)(H,29,30). The molecule has 0 aromatic heterocycles. The van der Waals surface area contributed by atoms with E-state index in [0.717, 1.165) is 5.75 Å². The number of nitrogens with zero attached hydrogens (tertiary/aromatic N) is 1. The van der Waals surface area contributed by atoms with E-state index in [9.17, 15) is 24.3 Å². The fraction of sp³-hybridized carbons (Fsp3) is 0.810. The van der Waals surface area contributed by atoms with Crippen LogP contribution in [0.1, 0.15) is 53.4 Å². The zero-order chi connectivity index (χ0) is 23.7. The molecule has 0 aromatic rings. The normalized spacial score (nSPS) is 19.2. The number of thioether (sulfide) groups is 1. The maximum Gasteiger partial charge on any atom is 0.326 e. The van der Waals surface area contributed by atoms with Crippen LogP contribution in [0.2, 0.25) is 0 Å². The van der Waals surface area contributed by atoms with Gasteiger partial charge in [-0.3, -0.25) is 14.4 Å². The Bertz CT molecular complexity index is 643. The molecule has 0 saturated carbocycles. The molecule has 10 heteroatoms. The molecule has 178 valence electrons. The molecule has 1 heterocycles. The second kappa shape index (κ2) is 12.9. The Labute approximate surface area is 189 Å². The molecule has 0 aliphatic carbocycles. The Kier molecular flexibility index (Phi) is 11.3. The van der Waals surface area contributed by atoms with E-state index in [1.165, 1.54) is 4.90 Å². The average molecular weight is 459 g/mol. The molecule has 1 rings (SSSR count). The largest absolute Gasteiger partial charge is 0.480 e. The molecule has 1 aliphatic rings. The van der Waals surface area contributed by atoms with Gasteiger partial charge in [-0.2, -0.15) is 11.8 Å². The first kappa shape index (κ1) is 27.2. The molecule has 0 radical (unpaired) electrons. The number of carbonyl (C=O) groups is 4. The highest BCUT2D eigenvalue weighted by Crippen LogP contribution is 2.20. The number of amides is 3. The zero-order valence-corrected chi connectivity index (χ0v) is 20.0. The Morgan fingerprint density at radius 2 is 1.81 bits per heavy atom. The minimum Gasteiger partial charge on any atom is -0.480 e. The van der Waals surface area contributed by atoms with Crippen molar-refractivity contribution in [3.8, 4) is 0 Å². The lowest BCUT2D eigenvalue weighted by molar-refractivity contribution is -0.143. The predicted molar refractivity (Wildman–Crippen MR) is 121 cm³/mol. The van der Waals surface area contributed by atoms with Gasteiger partial charge in [-0.15, -0.1) is 0 Å². The number of rotatable bonds is 12. The number of nitrogens with two attached hydrogens (primary N) is 1. The quantitative estimate of drug-likeness (QED) is 0.339. The molecule has 1 fully saturated rings. The summed E-state index contributed by atoms with van der Waals surface area (Å²) in [7, 11) is 0. The van der Waals surface area contributed by atoms with Crippen molar-refractivity contribution in [2.45, 2.75) is 77.5 Å². The van der Waals surface area contributed by atoms with Crippen molar-refractivity contribution >= 4 is 35.5 Å². The fourth-order valence-corrected chi connectivity index (χ4v) is 4.11. The van der Waals surface area contributed by atoms with E-state index in [4.69, 9.17) is 5.73 Å². The van der Waals surface area contributed by atoms with E-state index in [0.29, 0.717) is 32.2 Å². The van der Waals surface area contributed by atoms with E-state index in [1.807, 2.05) is 20.1 Å². The van der Waals surface area contributed by atoms with Crippen molar-refractivity contribution in [3.63, 3.8) is 0 Å². The third-order valence-corrected chi connectivity index (χ3v) is 6.00. The summed E-state index contributed by atoms with van der Waals surface area (Å²) in [4.78, 5) is 51.5. The monoisotopic (exact) mass is 458 g/mol. The van der Waals surface area contributed by atoms with E-state index in [1.54, 1.807) is 25.6 Å². The van der Waals surface area contributed by atoms with Crippen LogP contribution >= 0.6 is 11.8 Å². The smallest absolute Gasteiger partial charge is 0.326 e. The Morgan fingerprint density at radius 1 is 1.16 bits per heavy atom. The van der Waals surface area contributed by atoms with Gasteiger partial charge in [-0.1, -0.05) is 27.7 Å². The van der Waals surface area contributed by atoms with Crippen LogP contribution < -0.4 is 16.4 Å². The molecule has 4 unspecified atom stereocenters. The predicted octanol–water partition coefficient (Wildman–Crippen LogP) is 0.814. The third-order valence-electron chi connectivity index (χ3n) is 5.36. The van der Waals surface area contributed by atoms with Gasteiger partial charge in [0.05, 0.1) is 6.04 Å². The summed E-state index contributed by atoms with van der Waals surface area (Å²) < 4.78 is 0. The maximum absolute atomic E-state index is 13.0. The summed E-state index contributed by atoms with van der Waals surface area (Å²) >= 11 is 1.61. The molecule has 31 heavy (non-hydrogen) atoms. The summed E-state index contributed by atoms with van der Waals surface area (Å²) in [6, 6.07) is -3.25. The van der Waals surface area contributed by atoms with Crippen LogP contribution in [0.4, 0.5) is 0 Å². The van der Waals surface area contributed by atoms with Crippen LogP contribution in [0.25, 0.3) is 0 Å². The van der Waals surface area contributed by atoms with Gasteiger partial charge in [0.25, 0.3) is 0 Å². The first-order valence-corrected chi connectivity index (χ1v) is 12.3. The second-order valence-corrected chi connectivity index (χ2v) is 9.82. The summed E-state index contributed by atoms with van der Waals surface area (Å²) in [6.45, 7) is 7.76. The minimum atomic E-state index is -1.11. The first-order valence-electron chi connectivity index (χ1n) is 10.9. The molecule has 3 amide bonds. The van der Waals surface area contributed by atoms with E-state index in [-0.39, 0.29) is 17.7 Å². The Hall–Kier alpha value is -1.81. The minimum absolute atomic E-state index is 0.0851. The molecule has 0 spiro atoms. The summed E-state index contributed by atoms with van der Waals surface area (Å²) in [5.41, 5.74) is 6.01. The maximum atomic E-state index is 13.0. The summed E-state index contributed by atoms with van der Waals surface area (Å²) in [5.74, 6) is -1.72. The molecule has 0 bridgehead atoms. The average Bonchev–Trinajstić information content (AvgIpc) is 3.17. The second-order valence-electron chi connectivity index (χ2n) is 8.84. The highest BCUT2D eigenvalue weighted by molar-refractivity contribution is 7.98. The van der Waals surface area contributed by atoms with E-state index in [2.05, 4.69) is 10.6 Å². The topological polar surface area (TPSA) is 142 Å². The van der Waals surface area contributed by atoms with Gasteiger partial charge in [-0.25, -0.2) is 4.79 Å². The van der Waals surface area contributed by atoms with Gasteiger partial charge < -0.3 is 26.4 Å². The summed E-state index contributed by atoms with van der Waals surface area (Å²) in [6.07, 6.45) is 3.96. The third kappa shape index (κ3) is 8.33. The summed E-state index contributed by atoms with van der Waals surface area (Å²) in [5, 5.41) is 14.7. The van der Waals surface area contributed by atoms with E-state index < -0.39 is 42.0 Å². The number of carbonyl (C=O) groups excluding carboxylic acids is 3. The SMILES string of the molecule is CSCCC(N)C(=O)N1CCCC1C(=O)NC(C(=O)NC(CC(C)C)C(=O)O)C(C)C. The van der Waals surface area contributed by atoms with E-state index >= 15 is 0 Å². The molecule has 5 N–H and O–H groups in total. The Balaban J connectivity index is 2.85. The Morgan fingerprint density at radius 3 is 2.32 bits per heavy atom. The number of hydrogen-bond donors (Lipinski definition) is 4. The van der Waals surface area contributed by atoms with Crippen LogP contribution in [0.5, 0.6) is 0 Å². The van der Waals surface area contributed by atoms with Gasteiger partial charge in [0.2, 0.25) is 17.7 Å². The van der Waals surface area contributed by atoms with Gasteiger partial charge in [-0.05, 0) is 49.5 Å². The zero-order valence-electron chi connectivity index (χ0n) is 19.2. The van der Waals surface area contributed by atoms with Gasteiger partial charge in [0.1, 0.15) is 18.1 Å². The van der Waals surface area contributed by atoms with Crippen LogP contribution in [0.3, 0.4) is 0 Å².